The van der Waals surface area contributed by atoms with Gasteiger partial charge >= 0.3 is 19.8 Å². The molecule has 1 aliphatic carbocycles. The fourth-order valence-corrected chi connectivity index (χ4v) is 9.10. The van der Waals surface area contributed by atoms with Gasteiger partial charge < -0.3 is 39.9 Å². The number of ether oxygens (including phenoxy) is 2. The van der Waals surface area contributed by atoms with Crippen LogP contribution >= 0.6 is 7.82 Å². The molecule has 0 aromatic heterocycles. The summed E-state index contributed by atoms with van der Waals surface area (Å²) in [4.78, 5) is 35.8. The SMILES string of the molecule is CCCCCCCCCC/C=C/CCCCCC(=O)OC[C@H](COP(=O)(O)OC1C(O)C(O)C(O)[C@@H](O)C1O)OC(=O)CCC/C=C/CC/C=C/CCCCCCCCCCCCCCCC. The van der Waals surface area contributed by atoms with E-state index in [0.29, 0.717) is 19.3 Å². The number of aliphatic hydroxyl groups excluding tert-OH is 5. The maximum atomic E-state index is 12.8. The number of allylic oxidation sites excluding steroid dienone is 6. The third-order valence-corrected chi connectivity index (χ3v) is 13.4. The van der Waals surface area contributed by atoms with Crippen LogP contribution in [0.5, 0.6) is 0 Å². The molecular formula is C53H97O13P. The topological polar surface area (TPSA) is 210 Å². The zero-order valence-corrected chi connectivity index (χ0v) is 42.8. The Morgan fingerprint density at radius 3 is 1.22 bits per heavy atom. The van der Waals surface area contributed by atoms with Gasteiger partial charge in [-0.2, -0.15) is 0 Å². The molecule has 0 bridgehead atoms. The molecule has 1 fully saturated rings. The molecule has 1 aliphatic rings. The van der Waals surface area contributed by atoms with Crippen LogP contribution in [-0.4, -0.2) is 98.3 Å². The first-order valence-corrected chi connectivity index (χ1v) is 28.3. The number of hydrogen-bond acceptors (Lipinski definition) is 12. The van der Waals surface area contributed by atoms with E-state index in [9.17, 15) is 44.6 Å². The predicted molar refractivity (Wildman–Crippen MR) is 267 cm³/mol. The van der Waals surface area contributed by atoms with Crippen molar-refractivity contribution in [1.29, 1.82) is 0 Å². The summed E-state index contributed by atoms with van der Waals surface area (Å²) in [5.74, 6) is -1.16. The first-order chi connectivity index (χ1) is 32.4. The lowest BCUT2D eigenvalue weighted by Crippen LogP contribution is -2.64. The van der Waals surface area contributed by atoms with Crippen LogP contribution in [0.15, 0.2) is 36.5 Å². The first kappa shape index (κ1) is 63.1. The van der Waals surface area contributed by atoms with Crippen LogP contribution in [0.3, 0.4) is 0 Å². The average molecular weight is 973 g/mol. The minimum atomic E-state index is -5.14. The van der Waals surface area contributed by atoms with Crippen molar-refractivity contribution in [1.82, 2.24) is 0 Å². The number of carbonyl (C=O) groups is 2. The number of phosphoric acid groups is 1. The molecule has 14 heteroatoms. The van der Waals surface area contributed by atoms with E-state index in [1.54, 1.807) is 0 Å². The highest BCUT2D eigenvalue weighted by Gasteiger charge is 2.51. The van der Waals surface area contributed by atoms with Gasteiger partial charge in [-0.15, -0.1) is 0 Å². The Bertz CT molecular complexity index is 1310. The van der Waals surface area contributed by atoms with E-state index in [1.165, 1.54) is 141 Å². The van der Waals surface area contributed by atoms with E-state index in [-0.39, 0.29) is 12.8 Å². The van der Waals surface area contributed by atoms with Gasteiger partial charge in [0.15, 0.2) is 6.10 Å². The summed E-state index contributed by atoms with van der Waals surface area (Å²) in [6.45, 7) is 3.29. The summed E-state index contributed by atoms with van der Waals surface area (Å²) in [5, 5.41) is 50.3. The highest BCUT2D eigenvalue weighted by molar-refractivity contribution is 7.47. The van der Waals surface area contributed by atoms with Crippen molar-refractivity contribution in [2.45, 2.75) is 275 Å². The Morgan fingerprint density at radius 1 is 0.448 bits per heavy atom. The Balaban J connectivity index is 2.40. The molecule has 13 nitrogen and oxygen atoms in total. The molecular weight excluding hydrogens is 876 g/mol. The number of rotatable bonds is 45. The quantitative estimate of drug-likeness (QED) is 0.0145. The predicted octanol–water partition coefficient (Wildman–Crippen LogP) is 11.7. The van der Waals surface area contributed by atoms with Gasteiger partial charge in [-0.1, -0.05) is 185 Å². The molecule has 0 aliphatic heterocycles. The number of esters is 2. The average Bonchev–Trinajstić information content (AvgIpc) is 3.31. The molecule has 0 amide bonds. The van der Waals surface area contributed by atoms with Gasteiger partial charge in [0.2, 0.25) is 0 Å². The fourth-order valence-electron chi connectivity index (χ4n) is 8.13. The summed E-state index contributed by atoms with van der Waals surface area (Å²) in [5.41, 5.74) is 0. The van der Waals surface area contributed by atoms with Gasteiger partial charge in [-0.05, 0) is 70.6 Å². The highest BCUT2D eigenvalue weighted by atomic mass is 31.2. The molecule has 0 aromatic carbocycles. The van der Waals surface area contributed by atoms with E-state index in [4.69, 9.17) is 18.5 Å². The Labute approximate surface area is 406 Å². The summed E-state index contributed by atoms with van der Waals surface area (Å²) >= 11 is 0. The third-order valence-electron chi connectivity index (χ3n) is 12.4. The lowest BCUT2D eigenvalue weighted by Gasteiger charge is -2.41. The molecule has 1 rings (SSSR count). The minimum absolute atomic E-state index is 0.0350. The van der Waals surface area contributed by atoms with Crippen LogP contribution in [0.2, 0.25) is 0 Å². The molecule has 67 heavy (non-hydrogen) atoms. The molecule has 0 radical (unpaired) electrons. The van der Waals surface area contributed by atoms with Crippen molar-refractivity contribution in [3.63, 3.8) is 0 Å². The Hall–Kier alpha value is -1.93. The van der Waals surface area contributed by atoms with E-state index >= 15 is 0 Å². The van der Waals surface area contributed by atoms with Crippen molar-refractivity contribution >= 4 is 19.8 Å². The number of phosphoric ester groups is 1. The first-order valence-electron chi connectivity index (χ1n) is 26.8. The smallest absolute Gasteiger partial charge is 0.462 e. The van der Waals surface area contributed by atoms with Gasteiger partial charge in [0.1, 0.15) is 43.2 Å². The van der Waals surface area contributed by atoms with Gasteiger partial charge in [0.25, 0.3) is 0 Å². The van der Waals surface area contributed by atoms with Crippen molar-refractivity contribution < 1.29 is 63.1 Å². The van der Waals surface area contributed by atoms with Crippen molar-refractivity contribution in [3.05, 3.63) is 36.5 Å². The van der Waals surface area contributed by atoms with Crippen molar-refractivity contribution in [3.8, 4) is 0 Å². The highest BCUT2D eigenvalue weighted by Crippen LogP contribution is 2.47. The Morgan fingerprint density at radius 2 is 0.791 bits per heavy atom. The zero-order valence-electron chi connectivity index (χ0n) is 41.9. The van der Waals surface area contributed by atoms with Gasteiger partial charge in [0.05, 0.1) is 6.61 Å². The second-order valence-electron chi connectivity index (χ2n) is 18.7. The molecule has 1 saturated carbocycles. The zero-order chi connectivity index (χ0) is 49.2. The monoisotopic (exact) mass is 973 g/mol. The lowest BCUT2D eigenvalue weighted by molar-refractivity contribution is -0.220. The van der Waals surface area contributed by atoms with Crippen LogP contribution in [0.4, 0.5) is 0 Å². The van der Waals surface area contributed by atoms with Crippen LogP contribution in [0.1, 0.15) is 232 Å². The number of hydrogen-bond donors (Lipinski definition) is 6. The van der Waals surface area contributed by atoms with Gasteiger partial charge in [0, 0.05) is 12.8 Å². The van der Waals surface area contributed by atoms with Crippen LogP contribution in [0.25, 0.3) is 0 Å². The van der Waals surface area contributed by atoms with E-state index in [0.717, 1.165) is 44.9 Å². The van der Waals surface area contributed by atoms with Crippen LogP contribution in [-0.2, 0) is 32.7 Å². The maximum Gasteiger partial charge on any atom is 0.472 e. The minimum Gasteiger partial charge on any atom is -0.462 e. The maximum absolute atomic E-state index is 12.8. The molecule has 0 heterocycles. The standard InChI is InChI=1S/C53H97O13P/c1-3-5-7-9-11-13-15-17-19-20-21-22-23-24-25-26-28-30-32-34-36-38-40-42-47(55)65-45(44-64-67(61,62)66-53-51(59)49(57)48(56)50(58)52(53)60)43-63-46(54)41-39-37-35-33-31-29-27-18-16-14-12-10-8-6-4-2/h26,28-29,31,34,36,45,48-53,56-60H,3-25,27,30,32-33,35,37-44H2,1-2H3,(H,61,62)/b28-26+,31-29+,36-34+/t45-,48?,49-,50?,51?,52?,53?/m1/s1. The number of aliphatic hydroxyl groups is 5. The van der Waals surface area contributed by atoms with E-state index in [2.05, 4.69) is 44.2 Å². The summed E-state index contributed by atoms with van der Waals surface area (Å²) in [7, 11) is -5.14. The molecule has 8 atom stereocenters. The summed E-state index contributed by atoms with van der Waals surface area (Å²) in [6.07, 6.45) is 37.8. The second kappa shape index (κ2) is 42.9. The summed E-state index contributed by atoms with van der Waals surface area (Å²) in [6, 6.07) is 0. The summed E-state index contributed by atoms with van der Waals surface area (Å²) < 4.78 is 33.6. The van der Waals surface area contributed by atoms with Crippen molar-refractivity contribution in [2.24, 2.45) is 0 Å². The van der Waals surface area contributed by atoms with Gasteiger partial charge in [-0.25, -0.2) is 4.57 Å². The number of unbranched alkanes of at least 4 members (excludes halogenated alkanes) is 27. The molecule has 0 saturated heterocycles. The van der Waals surface area contributed by atoms with Crippen molar-refractivity contribution in [2.75, 3.05) is 13.2 Å². The van der Waals surface area contributed by atoms with E-state index in [1.807, 2.05) is 6.08 Å². The molecule has 0 spiro atoms. The fraction of sp³-hybridized carbons (Fsp3) is 0.849. The third kappa shape index (κ3) is 34.9. The largest absolute Gasteiger partial charge is 0.472 e. The van der Waals surface area contributed by atoms with Gasteiger partial charge in [-0.3, -0.25) is 18.6 Å². The number of carbonyl (C=O) groups excluding carboxylic acids is 2. The van der Waals surface area contributed by atoms with E-state index < -0.39 is 75.7 Å². The second-order valence-corrected chi connectivity index (χ2v) is 20.1. The Kier molecular flexibility index (Phi) is 40.4. The molecule has 6 N–H and O–H groups in total. The lowest BCUT2D eigenvalue weighted by atomic mass is 9.85. The molecule has 392 valence electrons. The molecule has 6 unspecified atom stereocenters. The van der Waals surface area contributed by atoms with Crippen LogP contribution < -0.4 is 0 Å². The normalized spacial score (nSPS) is 21.4. The van der Waals surface area contributed by atoms with Crippen LogP contribution in [0, 0.1) is 0 Å². The molecule has 0 aromatic rings.